The average molecular weight is 231 g/mol. The van der Waals surface area contributed by atoms with Gasteiger partial charge in [0.15, 0.2) is 5.78 Å². The average Bonchev–Trinajstić information content (AvgIpc) is 2.67. The molecule has 0 aliphatic carbocycles. The fourth-order valence-corrected chi connectivity index (χ4v) is 1.85. The van der Waals surface area contributed by atoms with Crippen molar-refractivity contribution in [1.29, 1.82) is 0 Å². The van der Waals surface area contributed by atoms with Crippen molar-refractivity contribution in [1.82, 2.24) is 4.90 Å². The van der Waals surface area contributed by atoms with Crippen LogP contribution in [0.25, 0.3) is 0 Å². The molecule has 88 valence electrons. The molecule has 0 atom stereocenters. The quantitative estimate of drug-likeness (QED) is 0.581. The molecular weight excluding hydrogens is 218 g/mol. The summed E-state index contributed by atoms with van der Waals surface area (Å²) in [6, 6.07) is 8.88. The van der Waals surface area contributed by atoms with Gasteiger partial charge in [0.05, 0.1) is 0 Å². The predicted octanol–water partition coefficient (Wildman–Crippen LogP) is 1.41. The highest BCUT2D eigenvalue weighted by molar-refractivity contribution is 6.03. The minimum atomic E-state index is -0.170. The van der Waals surface area contributed by atoms with Crippen LogP contribution in [0.1, 0.15) is 29.6 Å². The summed E-state index contributed by atoms with van der Waals surface area (Å²) >= 11 is 0. The fourth-order valence-electron chi connectivity index (χ4n) is 1.85. The van der Waals surface area contributed by atoms with E-state index in [2.05, 4.69) is 0 Å². The summed E-state index contributed by atoms with van der Waals surface area (Å²) < 4.78 is 0. The Kier molecular flexibility index (Phi) is 3.32. The Hall–Kier alpha value is -1.97. The van der Waals surface area contributed by atoms with Crippen molar-refractivity contribution < 1.29 is 14.4 Å². The largest absolute Gasteiger partial charge is 0.294 e. The van der Waals surface area contributed by atoms with Gasteiger partial charge in [0, 0.05) is 31.4 Å². The SMILES string of the molecule is O=C(CCN1C(=O)CCC1=O)c1ccccc1. The molecule has 1 fully saturated rings. The van der Waals surface area contributed by atoms with Crippen molar-refractivity contribution in [3.63, 3.8) is 0 Å². The van der Waals surface area contributed by atoms with Crippen LogP contribution in [-0.2, 0) is 9.59 Å². The molecule has 4 nitrogen and oxygen atoms in total. The molecule has 1 saturated heterocycles. The van der Waals surface area contributed by atoms with Gasteiger partial charge in [-0.2, -0.15) is 0 Å². The normalized spacial score (nSPS) is 15.4. The molecule has 0 saturated carbocycles. The number of hydrogen-bond donors (Lipinski definition) is 0. The van der Waals surface area contributed by atoms with Crippen LogP contribution in [0.4, 0.5) is 0 Å². The number of carbonyl (C=O) groups excluding carboxylic acids is 3. The van der Waals surface area contributed by atoms with Gasteiger partial charge in [0.1, 0.15) is 0 Å². The van der Waals surface area contributed by atoms with Crippen LogP contribution in [0.5, 0.6) is 0 Å². The van der Waals surface area contributed by atoms with Gasteiger partial charge in [-0.3, -0.25) is 19.3 Å². The molecule has 1 heterocycles. The lowest BCUT2D eigenvalue weighted by molar-refractivity contribution is -0.138. The maximum Gasteiger partial charge on any atom is 0.229 e. The van der Waals surface area contributed by atoms with Crippen molar-refractivity contribution in [3.05, 3.63) is 35.9 Å². The first-order valence-corrected chi connectivity index (χ1v) is 5.60. The molecule has 0 spiro atoms. The van der Waals surface area contributed by atoms with Gasteiger partial charge in [0.2, 0.25) is 11.8 Å². The van der Waals surface area contributed by atoms with Gasteiger partial charge in [-0.05, 0) is 0 Å². The summed E-state index contributed by atoms with van der Waals surface area (Å²) in [5.74, 6) is -0.384. The zero-order chi connectivity index (χ0) is 12.3. The molecule has 2 rings (SSSR count). The zero-order valence-electron chi connectivity index (χ0n) is 9.39. The Morgan fingerprint density at radius 1 is 1.06 bits per heavy atom. The second kappa shape index (κ2) is 4.91. The molecule has 1 aliphatic rings. The molecule has 0 aromatic heterocycles. The summed E-state index contributed by atoms with van der Waals surface area (Å²) in [4.78, 5) is 35.6. The third-order valence-corrected chi connectivity index (χ3v) is 2.81. The maximum absolute atomic E-state index is 11.8. The van der Waals surface area contributed by atoms with E-state index in [1.807, 2.05) is 6.07 Å². The van der Waals surface area contributed by atoms with Gasteiger partial charge >= 0.3 is 0 Å². The number of likely N-dealkylation sites (tertiary alicyclic amines) is 1. The van der Waals surface area contributed by atoms with Gasteiger partial charge in [0.25, 0.3) is 0 Å². The van der Waals surface area contributed by atoms with E-state index in [0.717, 1.165) is 0 Å². The number of benzene rings is 1. The Balaban J connectivity index is 1.93. The summed E-state index contributed by atoms with van der Waals surface area (Å²) in [5.41, 5.74) is 0.617. The van der Waals surface area contributed by atoms with E-state index in [1.54, 1.807) is 24.3 Å². The lowest BCUT2D eigenvalue weighted by atomic mass is 10.1. The summed E-state index contributed by atoms with van der Waals surface area (Å²) in [6.07, 6.45) is 0.748. The number of imide groups is 1. The van der Waals surface area contributed by atoms with Crippen LogP contribution in [0.3, 0.4) is 0 Å². The Labute approximate surface area is 99.2 Å². The third kappa shape index (κ3) is 2.58. The van der Waals surface area contributed by atoms with Crippen LogP contribution in [0.2, 0.25) is 0 Å². The predicted molar refractivity (Wildman–Crippen MR) is 61.3 cm³/mol. The van der Waals surface area contributed by atoms with Crippen molar-refractivity contribution in [2.75, 3.05) is 6.54 Å². The first kappa shape index (κ1) is 11.5. The molecule has 0 radical (unpaired) electrons. The Bertz CT molecular complexity index is 437. The van der Waals surface area contributed by atoms with Gasteiger partial charge in [-0.25, -0.2) is 0 Å². The van der Waals surface area contributed by atoms with Crippen LogP contribution >= 0.6 is 0 Å². The minimum Gasteiger partial charge on any atom is -0.294 e. The summed E-state index contributed by atoms with van der Waals surface area (Å²) in [5, 5.41) is 0. The number of rotatable bonds is 4. The maximum atomic E-state index is 11.8. The molecule has 0 bridgehead atoms. The molecule has 0 N–H and O–H groups in total. The van der Waals surface area contributed by atoms with Crippen LogP contribution in [0, 0.1) is 0 Å². The van der Waals surface area contributed by atoms with E-state index in [1.165, 1.54) is 4.90 Å². The smallest absolute Gasteiger partial charge is 0.229 e. The molecular formula is C13H13NO3. The number of ketones is 1. The first-order chi connectivity index (χ1) is 8.18. The third-order valence-electron chi connectivity index (χ3n) is 2.81. The summed E-state index contributed by atoms with van der Waals surface area (Å²) in [6.45, 7) is 0.200. The van der Waals surface area contributed by atoms with Crippen LogP contribution in [-0.4, -0.2) is 29.0 Å². The van der Waals surface area contributed by atoms with Gasteiger partial charge in [-0.1, -0.05) is 30.3 Å². The highest BCUT2D eigenvalue weighted by Gasteiger charge is 2.28. The lowest BCUT2D eigenvalue weighted by Gasteiger charge is -2.12. The molecule has 2 amide bonds. The van der Waals surface area contributed by atoms with E-state index in [0.29, 0.717) is 5.56 Å². The second-order valence-corrected chi connectivity index (χ2v) is 3.98. The molecule has 4 heteroatoms. The molecule has 1 aromatic carbocycles. The van der Waals surface area contributed by atoms with Gasteiger partial charge < -0.3 is 0 Å². The monoisotopic (exact) mass is 231 g/mol. The van der Waals surface area contributed by atoms with E-state index in [-0.39, 0.29) is 43.4 Å². The molecule has 1 aromatic rings. The number of nitrogens with zero attached hydrogens (tertiary/aromatic N) is 1. The highest BCUT2D eigenvalue weighted by Crippen LogP contribution is 2.13. The number of carbonyl (C=O) groups is 3. The number of amides is 2. The van der Waals surface area contributed by atoms with Crippen molar-refractivity contribution in [2.24, 2.45) is 0 Å². The second-order valence-electron chi connectivity index (χ2n) is 3.98. The van der Waals surface area contributed by atoms with Crippen LogP contribution in [0.15, 0.2) is 30.3 Å². The lowest BCUT2D eigenvalue weighted by Crippen LogP contribution is -2.31. The first-order valence-electron chi connectivity index (χ1n) is 5.60. The molecule has 0 unspecified atom stereocenters. The van der Waals surface area contributed by atoms with Crippen molar-refractivity contribution in [3.8, 4) is 0 Å². The Morgan fingerprint density at radius 3 is 2.24 bits per heavy atom. The van der Waals surface area contributed by atoms with E-state index < -0.39 is 0 Å². The van der Waals surface area contributed by atoms with E-state index in [9.17, 15) is 14.4 Å². The van der Waals surface area contributed by atoms with Gasteiger partial charge in [-0.15, -0.1) is 0 Å². The minimum absolute atomic E-state index is 0.0434. The topological polar surface area (TPSA) is 54.5 Å². The zero-order valence-corrected chi connectivity index (χ0v) is 9.39. The van der Waals surface area contributed by atoms with E-state index >= 15 is 0 Å². The van der Waals surface area contributed by atoms with Crippen molar-refractivity contribution >= 4 is 17.6 Å². The number of hydrogen-bond acceptors (Lipinski definition) is 3. The van der Waals surface area contributed by atoms with Crippen molar-refractivity contribution in [2.45, 2.75) is 19.3 Å². The van der Waals surface area contributed by atoms with E-state index in [4.69, 9.17) is 0 Å². The number of Topliss-reactive ketones (excluding diaryl/α,β-unsaturated/α-hetero) is 1. The standard InChI is InChI=1S/C13H13NO3/c15-11(10-4-2-1-3-5-10)8-9-14-12(16)6-7-13(14)17/h1-5H,6-9H2. The molecule has 17 heavy (non-hydrogen) atoms. The summed E-state index contributed by atoms with van der Waals surface area (Å²) in [7, 11) is 0. The highest BCUT2D eigenvalue weighted by atomic mass is 16.2. The Morgan fingerprint density at radius 2 is 1.65 bits per heavy atom. The fraction of sp³-hybridized carbons (Fsp3) is 0.308. The van der Waals surface area contributed by atoms with Crippen LogP contribution < -0.4 is 0 Å². The molecule has 1 aliphatic heterocycles.